The third kappa shape index (κ3) is 3.36. The molecule has 1 aromatic carbocycles. The van der Waals surface area contributed by atoms with Crippen LogP contribution in [0.5, 0.6) is 0 Å². The zero-order chi connectivity index (χ0) is 18.0. The van der Waals surface area contributed by atoms with Crippen LogP contribution in [-0.4, -0.2) is 37.9 Å². The highest BCUT2D eigenvalue weighted by atomic mass is 35.5. The summed E-state index contributed by atoms with van der Waals surface area (Å²) in [6, 6.07) is 4.58. The molecule has 0 aliphatic heterocycles. The largest absolute Gasteiger partial charge is 0.449 e. The molecule has 0 spiro atoms. The summed E-state index contributed by atoms with van der Waals surface area (Å²) >= 11 is 5.87. The van der Waals surface area contributed by atoms with Gasteiger partial charge in [-0.15, -0.1) is 0 Å². The second-order valence-electron chi connectivity index (χ2n) is 5.06. The van der Waals surface area contributed by atoms with Crippen molar-refractivity contribution in [1.29, 1.82) is 0 Å². The molecule has 0 aliphatic rings. The van der Waals surface area contributed by atoms with Crippen LogP contribution in [0.1, 0.15) is 17.3 Å². The molecule has 25 heavy (non-hydrogen) atoms. The topological polar surface area (TPSA) is 136 Å². The Morgan fingerprint density at radius 1 is 1.32 bits per heavy atom. The average Bonchev–Trinajstić information content (AvgIpc) is 3.06. The zero-order valence-electron chi connectivity index (χ0n) is 13.0. The maximum absolute atomic E-state index is 12.3. The number of carbonyl (C=O) groups is 2. The van der Waals surface area contributed by atoms with Crippen LogP contribution in [0.2, 0.25) is 5.02 Å². The molecule has 4 N–H and O–H groups in total. The van der Waals surface area contributed by atoms with Crippen LogP contribution >= 0.6 is 11.6 Å². The number of nitrogens with one attached hydrogen (secondary N) is 2. The highest BCUT2D eigenvalue weighted by Gasteiger charge is 2.22. The van der Waals surface area contributed by atoms with Gasteiger partial charge in [0.2, 0.25) is 0 Å². The number of imidazole rings is 1. The Morgan fingerprint density at radius 3 is 2.92 bits per heavy atom. The fourth-order valence-electron chi connectivity index (χ4n) is 2.07. The van der Waals surface area contributed by atoms with Crippen LogP contribution in [0, 0.1) is 0 Å². The third-order valence-corrected chi connectivity index (χ3v) is 3.72. The summed E-state index contributed by atoms with van der Waals surface area (Å²) in [6.45, 7) is 1.43. The van der Waals surface area contributed by atoms with E-state index in [1.807, 2.05) is 0 Å². The summed E-state index contributed by atoms with van der Waals surface area (Å²) < 4.78 is 5.14. The summed E-state index contributed by atoms with van der Waals surface area (Å²) in [5, 5.41) is 2.79. The van der Waals surface area contributed by atoms with Crippen LogP contribution in [0.15, 0.2) is 30.9 Å². The summed E-state index contributed by atoms with van der Waals surface area (Å²) in [7, 11) is 0. The van der Waals surface area contributed by atoms with Crippen molar-refractivity contribution in [1.82, 2.24) is 19.9 Å². The number of fused-ring (bicyclic) bond motifs is 1. The minimum Gasteiger partial charge on any atom is -0.449 e. The molecule has 2 heterocycles. The summed E-state index contributed by atoms with van der Waals surface area (Å²) in [6.07, 6.45) is 1.61. The molecule has 128 valence electrons. The lowest BCUT2D eigenvalue weighted by molar-refractivity contribution is -0.123. The number of hydrogen-bond donors (Lipinski definition) is 3. The van der Waals surface area contributed by atoms with Gasteiger partial charge >= 0.3 is 5.97 Å². The number of nitrogen functional groups attached to an aromatic ring is 1. The van der Waals surface area contributed by atoms with Gasteiger partial charge in [-0.1, -0.05) is 17.7 Å². The predicted octanol–water partition coefficient (Wildman–Crippen LogP) is 1.77. The van der Waals surface area contributed by atoms with Crippen LogP contribution in [0.25, 0.3) is 11.2 Å². The van der Waals surface area contributed by atoms with Gasteiger partial charge in [0.15, 0.2) is 17.6 Å². The first-order valence-electron chi connectivity index (χ1n) is 7.17. The lowest BCUT2D eigenvalue weighted by Crippen LogP contribution is -2.30. The SMILES string of the molecule is C[C@@H](OC(=O)c1cccc(Cl)c1N)C(=O)Nc1ncnc2nc[nH]c12. The summed E-state index contributed by atoms with van der Waals surface area (Å²) in [5.74, 6) is -1.08. The predicted molar refractivity (Wildman–Crippen MR) is 91.1 cm³/mol. The zero-order valence-corrected chi connectivity index (χ0v) is 13.7. The van der Waals surface area contributed by atoms with Crippen molar-refractivity contribution in [3.63, 3.8) is 0 Å². The number of H-pyrrole nitrogens is 1. The molecule has 0 saturated carbocycles. The molecule has 2 aromatic heterocycles. The van der Waals surface area contributed by atoms with Gasteiger partial charge in [-0.3, -0.25) is 4.79 Å². The minimum atomic E-state index is -1.08. The van der Waals surface area contributed by atoms with E-state index in [0.29, 0.717) is 11.2 Å². The average molecular weight is 361 g/mol. The number of halogens is 1. The molecule has 9 nitrogen and oxygen atoms in total. The number of ether oxygens (including phenoxy) is 1. The first-order valence-corrected chi connectivity index (χ1v) is 7.55. The molecule has 1 atom stereocenters. The fraction of sp³-hybridized carbons (Fsp3) is 0.133. The summed E-state index contributed by atoms with van der Waals surface area (Å²) in [5.41, 5.74) is 6.80. The minimum absolute atomic E-state index is 0.0881. The van der Waals surface area contributed by atoms with Crippen molar-refractivity contribution in [2.45, 2.75) is 13.0 Å². The van der Waals surface area contributed by atoms with Crippen LogP contribution < -0.4 is 11.1 Å². The number of nitrogens with two attached hydrogens (primary N) is 1. The van der Waals surface area contributed by atoms with Gasteiger partial charge in [0.1, 0.15) is 11.8 Å². The monoisotopic (exact) mass is 360 g/mol. The summed E-state index contributed by atoms with van der Waals surface area (Å²) in [4.78, 5) is 39.1. The normalized spacial score (nSPS) is 11.9. The Balaban J connectivity index is 1.71. The Labute approximate surface area is 146 Å². The number of nitrogens with zero attached hydrogens (tertiary/aromatic N) is 3. The van der Waals surface area contributed by atoms with Crippen molar-refractivity contribution in [2.75, 3.05) is 11.1 Å². The maximum Gasteiger partial charge on any atom is 0.341 e. The van der Waals surface area contributed by atoms with Gasteiger partial charge in [-0.05, 0) is 19.1 Å². The van der Waals surface area contributed by atoms with E-state index in [0.717, 1.165) is 0 Å². The van der Waals surface area contributed by atoms with Crippen molar-refractivity contribution >= 4 is 46.1 Å². The van der Waals surface area contributed by atoms with Gasteiger partial charge < -0.3 is 20.8 Å². The Kier molecular flexibility index (Phi) is 4.48. The standard InChI is InChI=1S/C15H13ClN6O3/c1-7(25-15(24)8-3-2-4-9(16)10(8)17)14(23)22-13-11-12(19-5-18-11)20-6-21-13/h2-7H,17H2,1H3,(H2,18,19,20,21,22,23)/t7-/m1/s1. The number of amides is 1. The Hall–Kier alpha value is -3.20. The molecule has 3 aromatic rings. The van der Waals surface area contributed by atoms with E-state index in [-0.39, 0.29) is 22.1 Å². The fourth-order valence-corrected chi connectivity index (χ4v) is 2.25. The third-order valence-electron chi connectivity index (χ3n) is 3.39. The lowest BCUT2D eigenvalue weighted by atomic mass is 10.2. The molecule has 0 radical (unpaired) electrons. The number of aromatic nitrogens is 4. The van der Waals surface area contributed by atoms with Gasteiger partial charge in [0, 0.05) is 0 Å². The quantitative estimate of drug-likeness (QED) is 0.476. The molecule has 0 aliphatic carbocycles. The van der Waals surface area contributed by atoms with Crippen molar-refractivity contribution in [2.24, 2.45) is 0 Å². The van der Waals surface area contributed by atoms with E-state index in [4.69, 9.17) is 22.1 Å². The van der Waals surface area contributed by atoms with E-state index in [2.05, 4.69) is 25.3 Å². The second-order valence-corrected chi connectivity index (χ2v) is 5.47. The number of para-hydroxylation sites is 1. The van der Waals surface area contributed by atoms with E-state index in [9.17, 15) is 9.59 Å². The van der Waals surface area contributed by atoms with Crippen molar-refractivity contribution in [3.05, 3.63) is 41.4 Å². The Bertz CT molecular complexity index is 957. The highest BCUT2D eigenvalue weighted by Crippen LogP contribution is 2.23. The van der Waals surface area contributed by atoms with Gasteiger partial charge in [-0.25, -0.2) is 19.7 Å². The highest BCUT2D eigenvalue weighted by molar-refractivity contribution is 6.33. The maximum atomic E-state index is 12.3. The van der Waals surface area contributed by atoms with E-state index in [1.165, 1.54) is 25.6 Å². The molecular weight excluding hydrogens is 348 g/mol. The second kappa shape index (κ2) is 6.73. The van der Waals surface area contributed by atoms with Gasteiger partial charge in [0.05, 0.1) is 22.6 Å². The van der Waals surface area contributed by atoms with E-state index in [1.54, 1.807) is 12.1 Å². The number of esters is 1. The molecule has 3 rings (SSSR count). The van der Waals surface area contributed by atoms with Gasteiger partial charge in [0.25, 0.3) is 5.91 Å². The number of hydrogen-bond acceptors (Lipinski definition) is 7. The lowest BCUT2D eigenvalue weighted by Gasteiger charge is -2.14. The van der Waals surface area contributed by atoms with E-state index < -0.39 is 18.0 Å². The Morgan fingerprint density at radius 2 is 2.12 bits per heavy atom. The number of rotatable bonds is 4. The smallest absolute Gasteiger partial charge is 0.341 e. The van der Waals surface area contributed by atoms with Crippen LogP contribution in [0.3, 0.4) is 0 Å². The van der Waals surface area contributed by atoms with Crippen LogP contribution in [0.4, 0.5) is 11.5 Å². The molecule has 10 heteroatoms. The van der Waals surface area contributed by atoms with Crippen molar-refractivity contribution in [3.8, 4) is 0 Å². The number of anilines is 2. The first kappa shape index (κ1) is 16.7. The number of carbonyl (C=O) groups excluding carboxylic acids is 2. The van der Waals surface area contributed by atoms with Gasteiger partial charge in [-0.2, -0.15) is 0 Å². The first-order chi connectivity index (χ1) is 12.0. The van der Waals surface area contributed by atoms with Crippen molar-refractivity contribution < 1.29 is 14.3 Å². The number of benzene rings is 1. The number of aromatic amines is 1. The van der Waals surface area contributed by atoms with E-state index >= 15 is 0 Å². The molecule has 0 unspecified atom stereocenters. The molecular formula is C15H13ClN6O3. The molecule has 0 fully saturated rings. The molecule has 1 amide bonds. The molecule has 0 saturated heterocycles. The molecule has 0 bridgehead atoms. The van der Waals surface area contributed by atoms with Crippen LogP contribution in [-0.2, 0) is 9.53 Å².